The predicted molar refractivity (Wildman–Crippen MR) is 101 cm³/mol. The van der Waals surface area contributed by atoms with Crippen LogP contribution in [0.4, 0.5) is 0 Å². The fraction of sp³-hybridized carbons (Fsp3) is 0.579. The van der Waals surface area contributed by atoms with Crippen molar-refractivity contribution in [3.63, 3.8) is 0 Å². The Labute approximate surface area is 138 Å². The molecule has 1 rings (SSSR count). The first-order valence-corrected chi connectivity index (χ1v) is 11.1. The molecule has 0 amide bonds. The van der Waals surface area contributed by atoms with Crippen molar-refractivity contribution in [3.05, 3.63) is 42.5 Å². The van der Waals surface area contributed by atoms with Crippen molar-refractivity contribution in [2.24, 2.45) is 5.92 Å². The summed E-state index contributed by atoms with van der Waals surface area (Å²) in [5, 5.41) is 3.55. The molecule has 2 nitrogen and oxygen atoms in total. The van der Waals surface area contributed by atoms with E-state index in [1.54, 1.807) is 0 Å². The Balaban J connectivity index is 2.65. The van der Waals surface area contributed by atoms with Gasteiger partial charge in [-0.3, -0.25) is 0 Å². The average molecular weight is 320 g/mol. The highest BCUT2D eigenvalue weighted by atomic mass is 28.4. The number of benzene rings is 1. The minimum atomic E-state index is -1.68. The van der Waals surface area contributed by atoms with Gasteiger partial charge in [0.05, 0.1) is 0 Å². The topological polar surface area (TPSA) is 21.3 Å². The van der Waals surface area contributed by atoms with Gasteiger partial charge in [0.2, 0.25) is 0 Å². The van der Waals surface area contributed by atoms with E-state index in [4.69, 9.17) is 4.43 Å². The molecule has 0 heterocycles. The number of hydrogen-bond donors (Lipinski definition) is 1. The van der Waals surface area contributed by atoms with Gasteiger partial charge in [0.1, 0.15) is 0 Å². The van der Waals surface area contributed by atoms with Gasteiger partial charge < -0.3 is 9.74 Å². The molecule has 0 saturated heterocycles. The highest BCUT2D eigenvalue weighted by Crippen LogP contribution is 2.37. The molecule has 124 valence electrons. The maximum atomic E-state index is 6.40. The summed E-state index contributed by atoms with van der Waals surface area (Å²) in [6.45, 7) is 17.5. The lowest BCUT2D eigenvalue weighted by atomic mass is 9.96. The molecule has 1 atom stereocenters. The van der Waals surface area contributed by atoms with E-state index in [1.807, 2.05) is 13.1 Å². The maximum Gasteiger partial charge on any atom is 0.191 e. The van der Waals surface area contributed by atoms with Gasteiger partial charge in [-0.05, 0) is 48.7 Å². The minimum Gasteiger partial charge on any atom is -0.416 e. The van der Waals surface area contributed by atoms with Crippen molar-refractivity contribution >= 4 is 13.9 Å². The van der Waals surface area contributed by atoms with Gasteiger partial charge >= 0.3 is 0 Å². The van der Waals surface area contributed by atoms with Crippen molar-refractivity contribution in [3.8, 4) is 0 Å². The maximum absolute atomic E-state index is 6.40. The van der Waals surface area contributed by atoms with E-state index in [1.165, 1.54) is 11.1 Å². The van der Waals surface area contributed by atoms with Crippen molar-refractivity contribution in [1.29, 1.82) is 0 Å². The van der Waals surface area contributed by atoms with E-state index in [9.17, 15) is 0 Å². The van der Waals surface area contributed by atoms with E-state index in [0.29, 0.717) is 5.92 Å². The smallest absolute Gasteiger partial charge is 0.191 e. The number of allylic oxidation sites excluding steroid dienone is 1. The number of hydrogen-bond acceptors (Lipinski definition) is 2. The highest BCUT2D eigenvalue weighted by Gasteiger charge is 2.37. The van der Waals surface area contributed by atoms with Crippen LogP contribution in [-0.2, 0) is 4.43 Å². The van der Waals surface area contributed by atoms with Crippen LogP contribution in [0.3, 0.4) is 0 Å². The first-order valence-electron chi connectivity index (χ1n) is 8.19. The molecule has 0 fully saturated rings. The van der Waals surface area contributed by atoms with E-state index in [2.05, 4.69) is 70.0 Å². The SMILES string of the molecule is C=C(CC(CNC)CO[Si](C)(C)C(C)(C)C)c1ccccc1. The van der Waals surface area contributed by atoms with Crippen molar-refractivity contribution in [2.75, 3.05) is 20.2 Å². The molecule has 0 aliphatic rings. The summed E-state index contributed by atoms with van der Waals surface area (Å²) in [5.41, 5.74) is 2.43. The van der Waals surface area contributed by atoms with Crippen LogP contribution in [0.15, 0.2) is 36.9 Å². The van der Waals surface area contributed by atoms with Crippen molar-refractivity contribution in [1.82, 2.24) is 5.32 Å². The summed E-state index contributed by atoms with van der Waals surface area (Å²) >= 11 is 0. The Bertz CT molecular complexity index is 462. The van der Waals surface area contributed by atoms with Crippen molar-refractivity contribution in [2.45, 2.75) is 45.3 Å². The summed E-state index contributed by atoms with van der Waals surface area (Å²) < 4.78 is 6.40. The van der Waals surface area contributed by atoms with Crippen LogP contribution in [0.25, 0.3) is 5.57 Å². The summed E-state index contributed by atoms with van der Waals surface area (Å²) in [6, 6.07) is 10.4. The molecule has 0 aromatic heterocycles. The van der Waals surface area contributed by atoms with E-state index >= 15 is 0 Å². The van der Waals surface area contributed by atoms with Crippen LogP contribution in [-0.4, -0.2) is 28.5 Å². The van der Waals surface area contributed by atoms with Crippen LogP contribution < -0.4 is 5.32 Å². The molecule has 0 spiro atoms. The van der Waals surface area contributed by atoms with Gasteiger partial charge in [0.15, 0.2) is 8.32 Å². The highest BCUT2D eigenvalue weighted by molar-refractivity contribution is 6.74. The minimum absolute atomic E-state index is 0.258. The third kappa shape index (κ3) is 5.71. The molecule has 0 bridgehead atoms. The molecular weight excluding hydrogens is 286 g/mol. The van der Waals surface area contributed by atoms with E-state index in [0.717, 1.165) is 19.6 Å². The van der Waals surface area contributed by atoms with Gasteiger partial charge in [-0.2, -0.15) is 0 Å². The Morgan fingerprint density at radius 1 is 1.23 bits per heavy atom. The van der Waals surface area contributed by atoms with Crippen LogP contribution in [0, 0.1) is 5.92 Å². The van der Waals surface area contributed by atoms with Crippen LogP contribution in [0.5, 0.6) is 0 Å². The average Bonchev–Trinajstić information content (AvgIpc) is 2.44. The zero-order chi connectivity index (χ0) is 16.8. The fourth-order valence-electron chi connectivity index (χ4n) is 2.16. The molecule has 1 aromatic rings. The second-order valence-corrected chi connectivity index (χ2v) is 12.5. The summed E-state index contributed by atoms with van der Waals surface area (Å²) in [4.78, 5) is 0. The van der Waals surface area contributed by atoms with Crippen LogP contribution >= 0.6 is 0 Å². The molecule has 22 heavy (non-hydrogen) atoms. The first-order chi connectivity index (χ1) is 10.2. The van der Waals surface area contributed by atoms with E-state index in [-0.39, 0.29) is 5.04 Å². The summed E-state index contributed by atoms with van der Waals surface area (Å²) in [5.74, 6) is 0.465. The van der Waals surface area contributed by atoms with Crippen molar-refractivity contribution < 1.29 is 4.43 Å². The zero-order valence-electron chi connectivity index (χ0n) is 15.2. The normalized spacial score (nSPS) is 13.9. The fourth-order valence-corrected chi connectivity index (χ4v) is 3.25. The molecule has 0 aliphatic heterocycles. The molecular formula is C19H33NOSi. The quantitative estimate of drug-likeness (QED) is 0.685. The second kappa shape index (κ2) is 8.09. The number of nitrogens with one attached hydrogen (secondary N) is 1. The lowest BCUT2D eigenvalue weighted by Crippen LogP contribution is -2.42. The van der Waals surface area contributed by atoms with Gasteiger partial charge in [-0.25, -0.2) is 0 Å². The molecule has 1 aromatic carbocycles. The third-order valence-corrected chi connectivity index (χ3v) is 9.20. The van der Waals surface area contributed by atoms with E-state index < -0.39 is 8.32 Å². The summed E-state index contributed by atoms with van der Waals surface area (Å²) in [6.07, 6.45) is 0.972. The Hall–Kier alpha value is -0.903. The third-order valence-electron chi connectivity index (χ3n) is 4.70. The van der Waals surface area contributed by atoms with Gasteiger partial charge in [0.25, 0.3) is 0 Å². The van der Waals surface area contributed by atoms with Crippen LogP contribution in [0.2, 0.25) is 18.1 Å². The van der Waals surface area contributed by atoms with Crippen LogP contribution in [0.1, 0.15) is 32.8 Å². The second-order valence-electron chi connectivity index (χ2n) is 7.67. The molecule has 0 radical (unpaired) electrons. The largest absolute Gasteiger partial charge is 0.416 e. The molecule has 1 unspecified atom stereocenters. The lowest BCUT2D eigenvalue weighted by Gasteiger charge is -2.37. The summed E-state index contributed by atoms with van der Waals surface area (Å²) in [7, 11) is 0.320. The van der Waals surface area contributed by atoms with Gasteiger partial charge in [0, 0.05) is 13.2 Å². The Kier molecular flexibility index (Phi) is 7.04. The molecule has 0 aliphatic carbocycles. The zero-order valence-corrected chi connectivity index (χ0v) is 16.2. The lowest BCUT2D eigenvalue weighted by molar-refractivity contribution is 0.228. The molecule has 0 saturated carbocycles. The Morgan fingerprint density at radius 3 is 2.32 bits per heavy atom. The standard InChI is InChI=1S/C19H33NOSi/c1-16(18-11-9-8-10-12-18)13-17(14-20-5)15-21-22(6,7)19(2,3)4/h8-12,17,20H,1,13-15H2,2-7H3. The Morgan fingerprint density at radius 2 is 1.82 bits per heavy atom. The monoisotopic (exact) mass is 319 g/mol. The first kappa shape index (κ1) is 19.1. The predicted octanol–water partition coefficient (Wildman–Crippen LogP) is 4.95. The molecule has 3 heteroatoms. The van der Waals surface area contributed by atoms with Gasteiger partial charge in [-0.15, -0.1) is 0 Å². The number of rotatable bonds is 8. The molecule has 1 N–H and O–H groups in total. The van der Waals surface area contributed by atoms with Gasteiger partial charge in [-0.1, -0.05) is 57.7 Å².